The molecular formula is C15H22N2O3S. The molecule has 1 unspecified atom stereocenters. The van der Waals surface area contributed by atoms with Gasteiger partial charge in [-0.3, -0.25) is 4.31 Å². The van der Waals surface area contributed by atoms with E-state index >= 15 is 0 Å². The highest BCUT2D eigenvalue weighted by atomic mass is 32.2. The van der Waals surface area contributed by atoms with Crippen molar-refractivity contribution in [3.8, 4) is 0 Å². The number of anilines is 1. The lowest BCUT2D eigenvalue weighted by Gasteiger charge is -2.35. The Morgan fingerprint density at radius 2 is 2.19 bits per heavy atom. The molecule has 1 aromatic carbocycles. The Hall–Kier alpha value is -1.11. The SMILES string of the molecule is NCc1ccc2c(c1)CCCN2S(=O)(=O)C1CCCOC1. The number of nitrogens with zero attached hydrogens (tertiary/aromatic N) is 1. The van der Waals surface area contributed by atoms with Crippen LogP contribution in [0.1, 0.15) is 30.4 Å². The minimum atomic E-state index is -3.34. The van der Waals surface area contributed by atoms with Gasteiger partial charge in [-0.1, -0.05) is 12.1 Å². The zero-order chi connectivity index (χ0) is 14.9. The summed E-state index contributed by atoms with van der Waals surface area (Å²) in [4.78, 5) is 0. The molecule has 0 bridgehead atoms. The third-order valence-electron chi connectivity index (χ3n) is 4.30. The Morgan fingerprint density at radius 1 is 1.33 bits per heavy atom. The molecule has 2 aliphatic heterocycles. The van der Waals surface area contributed by atoms with Crippen LogP contribution in [0.15, 0.2) is 18.2 Å². The molecule has 0 aromatic heterocycles. The summed E-state index contributed by atoms with van der Waals surface area (Å²) in [7, 11) is -3.34. The number of hydrogen-bond donors (Lipinski definition) is 1. The summed E-state index contributed by atoms with van der Waals surface area (Å²) in [6.45, 7) is 2.03. The molecule has 6 heteroatoms. The first-order valence-corrected chi connectivity index (χ1v) is 9.04. The molecular weight excluding hydrogens is 288 g/mol. The van der Waals surface area contributed by atoms with E-state index in [4.69, 9.17) is 10.5 Å². The fourth-order valence-electron chi connectivity index (χ4n) is 3.13. The first-order chi connectivity index (χ1) is 10.1. The summed E-state index contributed by atoms with van der Waals surface area (Å²) in [5.74, 6) is 0. The monoisotopic (exact) mass is 310 g/mol. The van der Waals surface area contributed by atoms with Crippen molar-refractivity contribution in [3.05, 3.63) is 29.3 Å². The van der Waals surface area contributed by atoms with Crippen LogP contribution in [0, 0.1) is 0 Å². The minimum Gasteiger partial charge on any atom is -0.380 e. The van der Waals surface area contributed by atoms with Crippen LogP contribution in [-0.2, 0) is 27.7 Å². The summed E-state index contributed by atoms with van der Waals surface area (Å²) in [6.07, 6.45) is 3.27. The Morgan fingerprint density at radius 3 is 2.90 bits per heavy atom. The smallest absolute Gasteiger partial charge is 0.240 e. The number of rotatable bonds is 3. The molecule has 2 aliphatic rings. The molecule has 2 N–H and O–H groups in total. The third-order valence-corrected chi connectivity index (χ3v) is 6.51. The highest BCUT2D eigenvalue weighted by molar-refractivity contribution is 7.93. The predicted octanol–water partition coefficient (Wildman–Crippen LogP) is 1.41. The zero-order valence-corrected chi connectivity index (χ0v) is 12.9. The van der Waals surface area contributed by atoms with Gasteiger partial charge in [0.1, 0.15) is 5.25 Å². The third kappa shape index (κ3) is 2.80. The lowest BCUT2D eigenvalue weighted by atomic mass is 10.0. The van der Waals surface area contributed by atoms with Crippen LogP contribution < -0.4 is 10.0 Å². The zero-order valence-electron chi connectivity index (χ0n) is 12.1. The maximum atomic E-state index is 12.9. The van der Waals surface area contributed by atoms with Crippen LogP contribution >= 0.6 is 0 Å². The minimum absolute atomic E-state index is 0.315. The number of benzene rings is 1. The van der Waals surface area contributed by atoms with Crippen molar-refractivity contribution < 1.29 is 13.2 Å². The van der Waals surface area contributed by atoms with Crippen molar-refractivity contribution in [2.24, 2.45) is 5.73 Å². The van der Waals surface area contributed by atoms with Gasteiger partial charge in [-0.2, -0.15) is 0 Å². The molecule has 0 radical (unpaired) electrons. The summed E-state index contributed by atoms with van der Waals surface area (Å²) in [5.41, 5.74) is 8.63. The van der Waals surface area contributed by atoms with Gasteiger partial charge in [-0.25, -0.2) is 8.42 Å². The van der Waals surface area contributed by atoms with Gasteiger partial charge in [0.2, 0.25) is 10.0 Å². The molecule has 0 aliphatic carbocycles. The van der Waals surface area contributed by atoms with Crippen molar-refractivity contribution in [2.75, 3.05) is 24.1 Å². The second-order valence-electron chi connectivity index (χ2n) is 5.73. The molecule has 0 amide bonds. The summed E-state index contributed by atoms with van der Waals surface area (Å²) >= 11 is 0. The van der Waals surface area contributed by atoms with Crippen molar-refractivity contribution in [2.45, 2.75) is 37.5 Å². The normalized spacial score (nSPS) is 22.9. The quantitative estimate of drug-likeness (QED) is 0.916. The van der Waals surface area contributed by atoms with Gasteiger partial charge in [0.25, 0.3) is 0 Å². The fourth-order valence-corrected chi connectivity index (χ4v) is 5.06. The molecule has 1 aromatic rings. The molecule has 1 atom stereocenters. The van der Waals surface area contributed by atoms with Gasteiger partial charge in [-0.15, -0.1) is 0 Å². The molecule has 1 saturated heterocycles. The molecule has 1 fully saturated rings. The molecule has 2 heterocycles. The van der Waals surface area contributed by atoms with Gasteiger partial charge in [0, 0.05) is 19.7 Å². The number of ether oxygens (including phenoxy) is 1. The van der Waals surface area contributed by atoms with Crippen LogP contribution in [0.5, 0.6) is 0 Å². The van der Waals surface area contributed by atoms with E-state index < -0.39 is 15.3 Å². The average molecular weight is 310 g/mol. The van der Waals surface area contributed by atoms with E-state index in [2.05, 4.69) is 0 Å². The van der Waals surface area contributed by atoms with Crippen molar-refractivity contribution in [3.63, 3.8) is 0 Å². The van der Waals surface area contributed by atoms with Crippen molar-refractivity contribution in [1.29, 1.82) is 0 Å². The Bertz CT molecular complexity index is 609. The summed E-state index contributed by atoms with van der Waals surface area (Å²) in [5, 5.41) is -0.411. The number of sulfonamides is 1. The van der Waals surface area contributed by atoms with E-state index in [0.29, 0.717) is 32.7 Å². The van der Waals surface area contributed by atoms with Crippen molar-refractivity contribution >= 4 is 15.7 Å². The van der Waals surface area contributed by atoms with Crippen molar-refractivity contribution in [1.82, 2.24) is 0 Å². The average Bonchev–Trinajstić information content (AvgIpc) is 2.54. The Kier molecular flexibility index (Phi) is 4.19. The molecule has 116 valence electrons. The van der Waals surface area contributed by atoms with E-state index in [-0.39, 0.29) is 0 Å². The highest BCUT2D eigenvalue weighted by Gasteiger charge is 2.35. The second kappa shape index (κ2) is 5.94. The molecule has 3 rings (SSSR count). The Labute approximate surface area is 126 Å². The number of hydrogen-bond acceptors (Lipinski definition) is 4. The van der Waals surface area contributed by atoms with E-state index in [1.165, 1.54) is 0 Å². The maximum absolute atomic E-state index is 12.9. The van der Waals surface area contributed by atoms with Gasteiger partial charge in [-0.05, 0) is 42.9 Å². The Balaban J connectivity index is 1.93. The van der Waals surface area contributed by atoms with E-state index in [0.717, 1.165) is 36.1 Å². The van der Waals surface area contributed by atoms with Crippen LogP contribution in [-0.4, -0.2) is 33.4 Å². The number of fused-ring (bicyclic) bond motifs is 1. The summed E-state index contributed by atoms with van der Waals surface area (Å²) in [6, 6.07) is 5.86. The predicted molar refractivity (Wildman–Crippen MR) is 82.8 cm³/mol. The van der Waals surface area contributed by atoms with Gasteiger partial charge in [0.05, 0.1) is 12.3 Å². The van der Waals surface area contributed by atoms with Gasteiger partial charge >= 0.3 is 0 Å². The van der Waals surface area contributed by atoms with Gasteiger partial charge < -0.3 is 10.5 Å². The van der Waals surface area contributed by atoms with Crippen LogP contribution in [0.2, 0.25) is 0 Å². The largest absolute Gasteiger partial charge is 0.380 e. The standard InChI is InChI=1S/C15H22N2O3S/c16-10-12-5-6-15-13(9-12)3-1-7-17(15)21(18,19)14-4-2-8-20-11-14/h5-6,9,14H,1-4,7-8,10-11,16H2. The number of aryl methyl sites for hydroxylation is 1. The van der Waals surface area contributed by atoms with Gasteiger partial charge in [0.15, 0.2) is 0 Å². The van der Waals surface area contributed by atoms with Crippen LogP contribution in [0.25, 0.3) is 0 Å². The van der Waals surface area contributed by atoms with E-state index in [1.807, 2.05) is 18.2 Å². The van der Waals surface area contributed by atoms with E-state index in [1.54, 1.807) is 4.31 Å². The summed E-state index contributed by atoms with van der Waals surface area (Å²) < 4.78 is 32.7. The molecule has 0 saturated carbocycles. The topological polar surface area (TPSA) is 72.6 Å². The molecule has 5 nitrogen and oxygen atoms in total. The van der Waals surface area contributed by atoms with Crippen LogP contribution in [0.4, 0.5) is 5.69 Å². The fraction of sp³-hybridized carbons (Fsp3) is 0.600. The second-order valence-corrected chi connectivity index (χ2v) is 7.86. The molecule has 21 heavy (non-hydrogen) atoms. The first kappa shape index (κ1) is 14.8. The van der Waals surface area contributed by atoms with E-state index in [9.17, 15) is 8.42 Å². The first-order valence-electron chi connectivity index (χ1n) is 7.54. The lowest BCUT2D eigenvalue weighted by molar-refractivity contribution is 0.0990. The lowest BCUT2D eigenvalue weighted by Crippen LogP contribution is -2.44. The highest BCUT2D eigenvalue weighted by Crippen LogP contribution is 2.32. The number of nitrogens with two attached hydrogens (primary N) is 1. The molecule has 0 spiro atoms. The maximum Gasteiger partial charge on any atom is 0.240 e. The van der Waals surface area contributed by atoms with Crippen LogP contribution in [0.3, 0.4) is 0 Å².